The first-order chi connectivity index (χ1) is 17.3. The Balaban J connectivity index is 1.85. The molecule has 0 aromatic heterocycles. The molecule has 10 nitrogen and oxygen atoms in total. The molecule has 0 heterocycles. The predicted octanol–water partition coefficient (Wildman–Crippen LogP) is 2.79. The highest BCUT2D eigenvalue weighted by Crippen LogP contribution is 2.28. The van der Waals surface area contributed by atoms with E-state index in [1.807, 2.05) is 52.0 Å². The van der Waals surface area contributed by atoms with Crippen LogP contribution in [0.1, 0.15) is 38.3 Å². The normalized spacial score (nSPS) is 10.8. The highest BCUT2D eigenvalue weighted by atomic mass is 16.5. The van der Waals surface area contributed by atoms with Crippen LogP contribution in [-0.2, 0) is 19.1 Å². The summed E-state index contributed by atoms with van der Waals surface area (Å²) in [5.74, 6) is -1.16. The number of amides is 3. The Bertz CT molecular complexity index is 1040. The topological polar surface area (TPSA) is 127 Å². The molecular formula is C26H34N4O6. The number of benzene rings is 2. The first-order valence-electron chi connectivity index (χ1n) is 11.8. The molecule has 0 unspecified atom stereocenters. The molecule has 0 saturated carbocycles. The van der Waals surface area contributed by atoms with Crippen LogP contribution in [0, 0.1) is 6.92 Å². The molecule has 36 heavy (non-hydrogen) atoms. The van der Waals surface area contributed by atoms with Crippen molar-refractivity contribution in [2.75, 3.05) is 31.7 Å². The summed E-state index contributed by atoms with van der Waals surface area (Å²) in [6, 6.07) is 12.4. The fourth-order valence-corrected chi connectivity index (χ4v) is 2.86. The molecule has 2 aromatic rings. The molecule has 0 spiro atoms. The van der Waals surface area contributed by atoms with Crippen molar-refractivity contribution < 1.29 is 28.6 Å². The number of carbonyl (C=O) groups is 3. The van der Waals surface area contributed by atoms with Gasteiger partial charge in [-0.2, -0.15) is 5.10 Å². The largest absolute Gasteiger partial charge is 0.490 e. The SMILES string of the molecule is CCOc1cc(/C=N\NC(=O)C(=O)NCCCOC(C)C)ccc1OCC(=O)Nc1ccc(C)cc1. The zero-order valence-corrected chi connectivity index (χ0v) is 21.1. The van der Waals surface area contributed by atoms with Gasteiger partial charge >= 0.3 is 11.8 Å². The van der Waals surface area contributed by atoms with Crippen molar-refractivity contribution in [1.82, 2.24) is 10.7 Å². The Hall–Kier alpha value is -3.92. The third-order valence-corrected chi connectivity index (χ3v) is 4.61. The molecule has 2 aromatic carbocycles. The molecule has 0 aliphatic heterocycles. The number of rotatable bonds is 13. The lowest BCUT2D eigenvalue weighted by Crippen LogP contribution is -2.38. The van der Waals surface area contributed by atoms with Gasteiger partial charge in [-0.15, -0.1) is 0 Å². The molecular weight excluding hydrogens is 464 g/mol. The third-order valence-electron chi connectivity index (χ3n) is 4.61. The first kappa shape index (κ1) is 28.3. The highest BCUT2D eigenvalue weighted by molar-refractivity contribution is 6.35. The van der Waals surface area contributed by atoms with Crippen molar-refractivity contribution in [3.8, 4) is 11.5 Å². The summed E-state index contributed by atoms with van der Waals surface area (Å²) in [5, 5.41) is 9.09. The summed E-state index contributed by atoms with van der Waals surface area (Å²) in [7, 11) is 0. The number of aryl methyl sites for hydroxylation is 1. The molecule has 0 radical (unpaired) electrons. The predicted molar refractivity (Wildman–Crippen MR) is 137 cm³/mol. The maximum atomic E-state index is 12.2. The lowest BCUT2D eigenvalue weighted by Gasteiger charge is -2.12. The van der Waals surface area contributed by atoms with Gasteiger partial charge < -0.3 is 24.8 Å². The summed E-state index contributed by atoms with van der Waals surface area (Å²) in [5.41, 5.74) is 4.56. The highest BCUT2D eigenvalue weighted by Gasteiger charge is 2.12. The number of carbonyl (C=O) groups excluding carboxylic acids is 3. The molecule has 0 bridgehead atoms. The molecule has 3 N–H and O–H groups in total. The summed E-state index contributed by atoms with van der Waals surface area (Å²) in [4.78, 5) is 35.9. The van der Waals surface area contributed by atoms with E-state index >= 15 is 0 Å². The second kappa shape index (κ2) is 15.2. The van der Waals surface area contributed by atoms with Gasteiger partial charge in [0.25, 0.3) is 5.91 Å². The van der Waals surface area contributed by atoms with Crippen molar-refractivity contribution in [3.05, 3.63) is 53.6 Å². The maximum Gasteiger partial charge on any atom is 0.329 e. The van der Waals surface area contributed by atoms with E-state index in [0.29, 0.717) is 48.9 Å². The van der Waals surface area contributed by atoms with Crippen LogP contribution in [0.25, 0.3) is 0 Å². The van der Waals surface area contributed by atoms with Gasteiger partial charge in [0.1, 0.15) is 0 Å². The fourth-order valence-electron chi connectivity index (χ4n) is 2.86. The quantitative estimate of drug-likeness (QED) is 0.169. The van der Waals surface area contributed by atoms with Gasteiger partial charge in [-0.05, 0) is 70.0 Å². The Kier molecular flexibility index (Phi) is 11.9. The lowest BCUT2D eigenvalue weighted by atomic mass is 10.2. The molecule has 10 heteroatoms. The van der Waals surface area contributed by atoms with Crippen LogP contribution in [0.2, 0.25) is 0 Å². The summed E-state index contributed by atoms with van der Waals surface area (Å²) >= 11 is 0. The molecule has 0 saturated heterocycles. The van der Waals surface area contributed by atoms with Crippen molar-refractivity contribution >= 4 is 29.6 Å². The van der Waals surface area contributed by atoms with Gasteiger partial charge in [-0.3, -0.25) is 14.4 Å². The molecule has 0 aliphatic carbocycles. The van der Waals surface area contributed by atoms with Crippen LogP contribution in [0.3, 0.4) is 0 Å². The number of ether oxygens (including phenoxy) is 3. The van der Waals surface area contributed by atoms with Gasteiger partial charge in [0.15, 0.2) is 18.1 Å². The zero-order chi connectivity index (χ0) is 26.3. The first-order valence-corrected chi connectivity index (χ1v) is 11.8. The summed E-state index contributed by atoms with van der Waals surface area (Å²) < 4.78 is 16.6. The van der Waals surface area contributed by atoms with Crippen LogP contribution < -0.4 is 25.5 Å². The average Bonchev–Trinajstić information content (AvgIpc) is 2.84. The third kappa shape index (κ3) is 10.6. The number of nitrogens with zero attached hydrogens (tertiary/aromatic N) is 1. The Morgan fingerprint density at radius 2 is 1.75 bits per heavy atom. The molecule has 2 rings (SSSR count). The fraction of sp³-hybridized carbons (Fsp3) is 0.385. The van der Waals surface area contributed by atoms with Crippen LogP contribution in [-0.4, -0.2) is 56.4 Å². The Morgan fingerprint density at radius 3 is 2.44 bits per heavy atom. The van der Waals surface area contributed by atoms with Crippen molar-refractivity contribution in [2.45, 2.75) is 40.2 Å². The van der Waals surface area contributed by atoms with Gasteiger partial charge in [-0.25, -0.2) is 5.43 Å². The second-order valence-electron chi connectivity index (χ2n) is 8.07. The Labute approximate surface area is 211 Å². The summed E-state index contributed by atoms with van der Waals surface area (Å²) in [6.45, 7) is 8.64. The van der Waals surface area contributed by atoms with E-state index in [1.54, 1.807) is 18.2 Å². The molecule has 0 aliphatic rings. The van der Waals surface area contributed by atoms with Crippen molar-refractivity contribution in [3.63, 3.8) is 0 Å². The molecule has 0 atom stereocenters. The van der Waals surface area contributed by atoms with E-state index in [1.165, 1.54) is 6.21 Å². The van der Waals surface area contributed by atoms with Gasteiger partial charge in [-0.1, -0.05) is 17.7 Å². The van der Waals surface area contributed by atoms with E-state index < -0.39 is 11.8 Å². The number of hydrogen-bond acceptors (Lipinski definition) is 7. The molecule has 3 amide bonds. The van der Waals surface area contributed by atoms with Crippen LogP contribution in [0.15, 0.2) is 47.6 Å². The summed E-state index contributed by atoms with van der Waals surface area (Å²) in [6.07, 6.45) is 2.09. The monoisotopic (exact) mass is 498 g/mol. The Morgan fingerprint density at radius 1 is 1.00 bits per heavy atom. The minimum atomic E-state index is -0.874. The van der Waals surface area contributed by atoms with Crippen LogP contribution >= 0.6 is 0 Å². The van der Waals surface area contributed by atoms with Gasteiger partial charge in [0.05, 0.1) is 18.9 Å². The van der Waals surface area contributed by atoms with Crippen LogP contribution in [0.4, 0.5) is 5.69 Å². The standard InChI is InChI=1S/C26H34N4O6/c1-5-34-23-15-20(16-28-30-26(33)25(32)27-13-6-14-35-18(2)3)9-12-22(23)36-17-24(31)29-21-10-7-19(4)8-11-21/h7-12,15-16,18H,5-6,13-14,17H2,1-4H3,(H,27,32)(H,29,31)(H,30,33)/b28-16-. The van der Waals surface area contributed by atoms with Crippen molar-refractivity contribution in [2.24, 2.45) is 5.10 Å². The van der Waals surface area contributed by atoms with Gasteiger partial charge in [0, 0.05) is 18.8 Å². The minimum Gasteiger partial charge on any atom is -0.490 e. The average molecular weight is 499 g/mol. The maximum absolute atomic E-state index is 12.2. The number of hydrogen-bond donors (Lipinski definition) is 3. The van der Waals surface area contributed by atoms with E-state index in [0.717, 1.165) is 5.56 Å². The molecule has 0 fully saturated rings. The number of hydrazone groups is 1. The number of anilines is 1. The van der Waals surface area contributed by atoms with E-state index in [2.05, 4.69) is 21.2 Å². The smallest absolute Gasteiger partial charge is 0.329 e. The second-order valence-corrected chi connectivity index (χ2v) is 8.07. The van der Waals surface area contributed by atoms with E-state index in [9.17, 15) is 14.4 Å². The molecule has 194 valence electrons. The van der Waals surface area contributed by atoms with E-state index in [-0.39, 0.29) is 18.6 Å². The zero-order valence-electron chi connectivity index (χ0n) is 21.1. The van der Waals surface area contributed by atoms with E-state index in [4.69, 9.17) is 14.2 Å². The van der Waals surface area contributed by atoms with Crippen LogP contribution in [0.5, 0.6) is 11.5 Å². The lowest BCUT2D eigenvalue weighted by molar-refractivity contribution is -0.139. The van der Waals surface area contributed by atoms with Gasteiger partial charge in [0.2, 0.25) is 0 Å². The minimum absolute atomic E-state index is 0.116. The van der Waals surface area contributed by atoms with Crippen molar-refractivity contribution in [1.29, 1.82) is 0 Å². The number of nitrogens with one attached hydrogen (secondary N) is 3.